The lowest BCUT2D eigenvalue weighted by atomic mass is 10.1. The van der Waals surface area contributed by atoms with E-state index in [1.54, 1.807) is 0 Å². The summed E-state index contributed by atoms with van der Waals surface area (Å²) in [5.74, 6) is 0. The molecule has 1 aromatic carbocycles. The van der Waals surface area contributed by atoms with Gasteiger partial charge in [-0.15, -0.1) is 10.2 Å². The van der Waals surface area contributed by atoms with Crippen LogP contribution in [-0.2, 0) is 0 Å². The van der Waals surface area contributed by atoms with Gasteiger partial charge in [0.15, 0.2) is 5.65 Å². The van der Waals surface area contributed by atoms with Gasteiger partial charge in [-0.2, -0.15) is 5.10 Å². The Morgan fingerprint density at radius 3 is 2.86 bits per heavy atom. The van der Waals surface area contributed by atoms with Crippen molar-refractivity contribution in [1.82, 2.24) is 19.8 Å². The van der Waals surface area contributed by atoms with Gasteiger partial charge in [-0.25, -0.2) is 4.52 Å². The molecule has 2 aliphatic rings. The molecule has 3 aromatic rings. The summed E-state index contributed by atoms with van der Waals surface area (Å²) in [6.45, 7) is 0. The Kier molecular flexibility index (Phi) is 2.24. The number of nitrogens with zero attached hydrogens (tertiary/aromatic N) is 4. The number of allylic oxidation sites excluding steroid dienone is 7. The van der Waals surface area contributed by atoms with E-state index in [-0.39, 0.29) is 0 Å². The zero-order chi connectivity index (χ0) is 14.5. The molecule has 0 amide bonds. The molecule has 0 fully saturated rings. The van der Waals surface area contributed by atoms with Crippen molar-refractivity contribution >= 4 is 28.2 Å². The average molecular weight is 284 g/mol. The van der Waals surface area contributed by atoms with Crippen molar-refractivity contribution < 1.29 is 0 Å². The molecule has 0 saturated heterocycles. The molecule has 2 aromatic heterocycles. The molecule has 2 heterocycles. The molecule has 0 atom stereocenters. The lowest BCUT2D eigenvalue weighted by Gasteiger charge is -2.07. The van der Waals surface area contributed by atoms with Crippen molar-refractivity contribution in [1.29, 1.82) is 0 Å². The fraction of sp³-hybridized carbons (Fsp3) is 0.0556. The van der Waals surface area contributed by atoms with Crippen molar-refractivity contribution in [2.24, 2.45) is 0 Å². The van der Waals surface area contributed by atoms with Crippen LogP contribution in [0.3, 0.4) is 0 Å². The zero-order valence-corrected chi connectivity index (χ0v) is 11.8. The smallest absolute Gasteiger partial charge is 0.185 e. The molecule has 4 nitrogen and oxygen atoms in total. The number of fused-ring (bicyclic) bond motifs is 8. The van der Waals surface area contributed by atoms with Crippen molar-refractivity contribution in [2.75, 3.05) is 0 Å². The maximum atomic E-state index is 4.71. The Morgan fingerprint density at radius 1 is 0.955 bits per heavy atom. The minimum absolute atomic E-state index is 0.804. The van der Waals surface area contributed by atoms with Crippen molar-refractivity contribution in [3.63, 3.8) is 0 Å². The van der Waals surface area contributed by atoms with Gasteiger partial charge < -0.3 is 0 Å². The molecule has 5 rings (SSSR count). The summed E-state index contributed by atoms with van der Waals surface area (Å²) < 4.78 is 1.91. The molecule has 2 bridgehead atoms. The number of aromatic nitrogens is 4. The molecular weight excluding hydrogens is 272 g/mol. The summed E-state index contributed by atoms with van der Waals surface area (Å²) >= 11 is 0. The predicted octanol–water partition coefficient (Wildman–Crippen LogP) is 3.57. The SMILES string of the molecule is C1=CC=C2CC(=C1)C=Cc1c2nnc2c3ccccc3nn12. The second kappa shape index (κ2) is 4.24. The highest BCUT2D eigenvalue weighted by Gasteiger charge is 2.19. The second-order valence-corrected chi connectivity index (χ2v) is 5.51. The van der Waals surface area contributed by atoms with Gasteiger partial charge in [0.05, 0.1) is 11.2 Å². The predicted molar refractivity (Wildman–Crippen MR) is 87.1 cm³/mol. The van der Waals surface area contributed by atoms with Crippen LogP contribution in [-0.4, -0.2) is 19.8 Å². The van der Waals surface area contributed by atoms with E-state index in [0.29, 0.717) is 0 Å². The topological polar surface area (TPSA) is 43.1 Å². The highest BCUT2D eigenvalue weighted by Crippen LogP contribution is 2.31. The third-order valence-corrected chi connectivity index (χ3v) is 4.14. The Balaban J connectivity index is 1.92. The summed E-state index contributed by atoms with van der Waals surface area (Å²) in [7, 11) is 0. The van der Waals surface area contributed by atoms with Crippen LogP contribution in [0.25, 0.3) is 28.2 Å². The van der Waals surface area contributed by atoms with Gasteiger partial charge in [0, 0.05) is 5.39 Å². The Bertz CT molecular complexity index is 1050. The van der Waals surface area contributed by atoms with Gasteiger partial charge in [-0.3, -0.25) is 0 Å². The quantitative estimate of drug-likeness (QED) is 0.634. The molecular formula is C18H12N4. The lowest BCUT2D eigenvalue weighted by Crippen LogP contribution is -2.04. The first-order chi connectivity index (χ1) is 10.9. The van der Waals surface area contributed by atoms with Crippen molar-refractivity contribution in [3.05, 3.63) is 71.6 Å². The van der Waals surface area contributed by atoms with E-state index in [2.05, 4.69) is 46.7 Å². The fourth-order valence-corrected chi connectivity index (χ4v) is 3.06. The zero-order valence-electron chi connectivity index (χ0n) is 11.8. The maximum Gasteiger partial charge on any atom is 0.185 e. The maximum absolute atomic E-state index is 4.71. The second-order valence-electron chi connectivity index (χ2n) is 5.51. The molecule has 2 aliphatic carbocycles. The standard InChI is InChI=1S/C18H12N4/c1-2-6-13-11-12(5-1)9-10-16-17(13)19-20-18-14-7-3-4-8-15(14)21-22(16)18/h1-10H,11H2. The van der Waals surface area contributed by atoms with Crippen LogP contribution in [0.15, 0.2) is 60.2 Å². The van der Waals surface area contributed by atoms with Crippen molar-refractivity contribution in [3.8, 4) is 0 Å². The molecule has 0 unspecified atom stereocenters. The molecule has 0 spiro atoms. The minimum atomic E-state index is 0.804. The summed E-state index contributed by atoms with van der Waals surface area (Å²) in [5.41, 5.74) is 6.09. The third-order valence-electron chi connectivity index (χ3n) is 4.14. The van der Waals surface area contributed by atoms with Crippen molar-refractivity contribution in [2.45, 2.75) is 6.42 Å². The Morgan fingerprint density at radius 2 is 1.86 bits per heavy atom. The number of hydrogen-bond acceptors (Lipinski definition) is 3. The van der Waals surface area contributed by atoms with E-state index < -0.39 is 0 Å². The third kappa shape index (κ3) is 1.55. The van der Waals surface area contributed by atoms with Gasteiger partial charge in [0.1, 0.15) is 5.69 Å². The Hall–Kier alpha value is -3.01. The number of rotatable bonds is 0. The van der Waals surface area contributed by atoms with Crippen LogP contribution in [0.5, 0.6) is 0 Å². The average Bonchev–Trinajstić information content (AvgIpc) is 2.70. The first kappa shape index (κ1) is 11.6. The van der Waals surface area contributed by atoms with E-state index in [1.165, 1.54) is 11.1 Å². The largest absolute Gasteiger partial charge is 0.210 e. The van der Waals surface area contributed by atoms with Gasteiger partial charge >= 0.3 is 0 Å². The summed E-state index contributed by atoms with van der Waals surface area (Å²) in [6, 6.07) is 8.03. The molecule has 0 saturated carbocycles. The van der Waals surface area contributed by atoms with Crippen LogP contribution in [0.2, 0.25) is 0 Å². The monoisotopic (exact) mass is 284 g/mol. The summed E-state index contributed by atoms with van der Waals surface area (Å²) in [5, 5.41) is 14.7. The molecule has 0 aliphatic heterocycles. The van der Waals surface area contributed by atoms with Crippen LogP contribution in [0.4, 0.5) is 0 Å². The van der Waals surface area contributed by atoms with E-state index in [4.69, 9.17) is 5.10 Å². The van der Waals surface area contributed by atoms with Gasteiger partial charge in [-0.05, 0) is 35.8 Å². The van der Waals surface area contributed by atoms with Gasteiger partial charge in [0.25, 0.3) is 0 Å². The first-order valence-corrected chi connectivity index (χ1v) is 7.29. The van der Waals surface area contributed by atoms with Crippen LogP contribution >= 0.6 is 0 Å². The number of hydrogen-bond donors (Lipinski definition) is 0. The van der Waals surface area contributed by atoms with E-state index in [0.717, 1.165) is 34.4 Å². The molecule has 4 heteroatoms. The highest BCUT2D eigenvalue weighted by atomic mass is 15.3. The van der Waals surface area contributed by atoms with Crippen LogP contribution in [0.1, 0.15) is 17.8 Å². The minimum Gasteiger partial charge on any atom is -0.210 e. The van der Waals surface area contributed by atoms with Gasteiger partial charge in [-0.1, -0.05) is 42.5 Å². The van der Waals surface area contributed by atoms with Crippen LogP contribution < -0.4 is 0 Å². The summed E-state index contributed by atoms with van der Waals surface area (Å²) in [6.07, 6.45) is 13.5. The van der Waals surface area contributed by atoms with Crippen LogP contribution in [0, 0.1) is 0 Å². The molecule has 104 valence electrons. The lowest BCUT2D eigenvalue weighted by molar-refractivity contribution is 0.876. The first-order valence-electron chi connectivity index (χ1n) is 7.29. The normalized spacial score (nSPS) is 16.2. The van der Waals surface area contributed by atoms with Gasteiger partial charge in [0.2, 0.25) is 0 Å². The Labute approximate surface area is 126 Å². The fourth-order valence-electron chi connectivity index (χ4n) is 3.06. The van der Waals surface area contributed by atoms with E-state index >= 15 is 0 Å². The molecule has 0 radical (unpaired) electrons. The highest BCUT2D eigenvalue weighted by molar-refractivity contribution is 5.92. The summed E-state index contributed by atoms with van der Waals surface area (Å²) in [4.78, 5) is 0. The number of benzene rings is 1. The molecule has 22 heavy (non-hydrogen) atoms. The molecule has 0 N–H and O–H groups in total. The van der Waals surface area contributed by atoms with E-state index in [1.807, 2.05) is 28.8 Å². The van der Waals surface area contributed by atoms with E-state index in [9.17, 15) is 0 Å².